The summed E-state index contributed by atoms with van der Waals surface area (Å²) in [5, 5.41) is 5.54. The Morgan fingerprint density at radius 2 is 0.875 bits per heavy atom. The van der Waals surface area contributed by atoms with Gasteiger partial charge in [0.25, 0.3) is 0 Å². The Hall–Kier alpha value is -2.80. The van der Waals surface area contributed by atoms with Crippen LogP contribution in [0.4, 0.5) is 11.4 Å². The van der Waals surface area contributed by atoms with Crippen LogP contribution >= 0.6 is 0 Å². The highest BCUT2D eigenvalue weighted by Gasteiger charge is 2.26. The van der Waals surface area contributed by atoms with Crippen molar-refractivity contribution in [1.82, 2.24) is 8.61 Å². The smallest absolute Gasteiger partial charge is 0.243 e. The third-order valence-corrected chi connectivity index (χ3v) is 11.1. The number of nitrogens with one attached hydrogen (secondary N) is 2. The minimum absolute atomic E-state index is 0.211. The average molecular weight is 591 g/mol. The zero-order chi connectivity index (χ0) is 28.6. The van der Waals surface area contributed by atoms with Gasteiger partial charge in [0.05, 0.1) is 9.79 Å². The molecule has 2 aliphatic heterocycles. The van der Waals surface area contributed by atoms with Crippen LogP contribution in [0.5, 0.6) is 0 Å². The molecule has 2 saturated heterocycles. The van der Waals surface area contributed by atoms with E-state index in [-0.39, 0.29) is 34.4 Å². The summed E-state index contributed by atoms with van der Waals surface area (Å²) in [4.78, 5) is 25.1. The fraction of sp³-hybridized carbons (Fsp3) is 0.500. The summed E-state index contributed by atoms with van der Waals surface area (Å²) in [7, 11) is -7.03. The minimum atomic E-state index is -3.52. The van der Waals surface area contributed by atoms with Gasteiger partial charge in [-0.25, -0.2) is 16.8 Å². The maximum atomic E-state index is 12.8. The lowest BCUT2D eigenvalue weighted by Crippen LogP contribution is -2.35. The van der Waals surface area contributed by atoms with E-state index >= 15 is 0 Å². The largest absolute Gasteiger partial charge is 0.326 e. The monoisotopic (exact) mass is 590 g/mol. The molecule has 0 unspecified atom stereocenters. The lowest BCUT2D eigenvalue weighted by Gasteiger charge is -2.25. The first-order valence-corrected chi connectivity index (χ1v) is 16.8. The number of amides is 2. The molecule has 0 radical (unpaired) electrons. The third-order valence-electron chi connectivity index (χ3n) is 7.24. The fourth-order valence-electron chi connectivity index (χ4n) is 4.95. The molecule has 0 bridgehead atoms. The Kier molecular flexibility index (Phi) is 10.3. The van der Waals surface area contributed by atoms with E-state index in [0.29, 0.717) is 50.4 Å². The van der Waals surface area contributed by atoms with Crippen molar-refractivity contribution < 1.29 is 26.4 Å². The normalized spacial score (nSPS) is 17.3. The number of rotatable bonds is 11. The van der Waals surface area contributed by atoms with Gasteiger partial charge in [0.15, 0.2) is 0 Å². The van der Waals surface area contributed by atoms with Gasteiger partial charge in [0.2, 0.25) is 31.9 Å². The Balaban J connectivity index is 1.16. The summed E-state index contributed by atoms with van der Waals surface area (Å²) in [6.07, 6.45) is 7.03. The molecule has 2 fully saturated rings. The highest BCUT2D eigenvalue weighted by atomic mass is 32.2. The fourth-order valence-corrected chi connectivity index (χ4v) is 7.98. The van der Waals surface area contributed by atoms with Crippen LogP contribution in [0, 0.1) is 0 Å². The second kappa shape index (κ2) is 13.7. The number of sulfonamides is 2. The first kappa shape index (κ1) is 30.2. The van der Waals surface area contributed by atoms with Gasteiger partial charge in [-0.1, -0.05) is 12.8 Å². The molecule has 2 N–H and O–H groups in total. The van der Waals surface area contributed by atoms with Crippen molar-refractivity contribution in [2.75, 3.05) is 36.8 Å². The van der Waals surface area contributed by atoms with Crippen molar-refractivity contribution >= 4 is 43.2 Å². The maximum Gasteiger partial charge on any atom is 0.243 e. The highest BCUT2D eigenvalue weighted by molar-refractivity contribution is 7.89. The molecule has 0 aromatic heterocycles. The van der Waals surface area contributed by atoms with E-state index in [1.54, 1.807) is 24.3 Å². The molecule has 40 heavy (non-hydrogen) atoms. The molecule has 2 aliphatic rings. The molecule has 10 nitrogen and oxygen atoms in total. The quantitative estimate of drug-likeness (QED) is 0.378. The van der Waals surface area contributed by atoms with E-state index < -0.39 is 20.0 Å². The number of benzene rings is 2. The lowest BCUT2D eigenvalue weighted by molar-refractivity contribution is -0.118. The molecular formula is C28H38N4O6S2. The number of anilines is 2. The van der Waals surface area contributed by atoms with Gasteiger partial charge in [0.1, 0.15) is 0 Å². The summed E-state index contributed by atoms with van der Waals surface area (Å²) >= 11 is 0. The van der Waals surface area contributed by atoms with Crippen molar-refractivity contribution in [1.29, 1.82) is 0 Å². The van der Waals surface area contributed by atoms with Crippen LogP contribution in [0.1, 0.15) is 64.2 Å². The molecular weight excluding hydrogens is 552 g/mol. The third kappa shape index (κ3) is 7.90. The van der Waals surface area contributed by atoms with Crippen LogP contribution in [0.3, 0.4) is 0 Å². The lowest BCUT2D eigenvalue weighted by atomic mass is 10.1. The molecule has 12 heteroatoms. The topological polar surface area (TPSA) is 133 Å². The number of carbonyl (C=O) groups is 2. The molecule has 4 rings (SSSR count). The zero-order valence-electron chi connectivity index (χ0n) is 22.7. The highest BCUT2D eigenvalue weighted by Crippen LogP contribution is 2.23. The van der Waals surface area contributed by atoms with Gasteiger partial charge >= 0.3 is 0 Å². The zero-order valence-corrected chi connectivity index (χ0v) is 24.3. The molecule has 0 spiro atoms. The minimum Gasteiger partial charge on any atom is -0.326 e. The van der Waals surface area contributed by atoms with Crippen molar-refractivity contribution in [3.63, 3.8) is 0 Å². The number of unbranched alkanes of at least 4 members (excludes halogenated alkanes) is 1. The first-order chi connectivity index (χ1) is 19.2. The van der Waals surface area contributed by atoms with E-state index in [1.807, 2.05) is 0 Å². The molecule has 0 atom stereocenters. The van der Waals surface area contributed by atoms with E-state index in [2.05, 4.69) is 10.6 Å². The van der Waals surface area contributed by atoms with Gasteiger partial charge < -0.3 is 10.6 Å². The molecule has 218 valence electrons. The van der Waals surface area contributed by atoms with Crippen LogP contribution in [0.15, 0.2) is 58.3 Å². The number of piperidine rings is 2. The van der Waals surface area contributed by atoms with Gasteiger partial charge in [-0.15, -0.1) is 0 Å². The number of carbonyl (C=O) groups excluding carboxylic acids is 2. The van der Waals surface area contributed by atoms with Crippen LogP contribution in [-0.2, 0) is 29.6 Å². The Morgan fingerprint density at radius 3 is 1.20 bits per heavy atom. The average Bonchev–Trinajstić information content (AvgIpc) is 2.97. The van der Waals surface area contributed by atoms with Crippen LogP contribution in [-0.4, -0.2) is 63.4 Å². The van der Waals surface area contributed by atoms with Gasteiger partial charge in [0, 0.05) is 50.4 Å². The summed E-state index contributed by atoms with van der Waals surface area (Å²) in [5.41, 5.74) is 1.04. The molecule has 0 aliphatic carbocycles. The van der Waals surface area contributed by atoms with E-state index in [1.165, 1.54) is 32.9 Å². The molecule has 2 amide bonds. The van der Waals surface area contributed by atoms with Gasteiger partial charge in [-0.05, 0) is 87.1 Å². The maximum absolute atomic E-state index is 12.8. The van der Waals surface area contributed by atoms with Crippen LogP contribution < -0.4 is 10.6 Å². The summed E-state index contributed by atoms with van der Waals surface area (Å²) < 4.78 is 54.1. The molecule has 2 aromatic rings. The van der Waals surface area contributed by atoms with E-state index in [4.69, 9.17) is 0 Å². The second-order valence-corrected chi connectivity index (χ2v) is 14.2. The first-order valence-electron chi connectivity index (χ1n) is 14.0. The summed E-state index contributed by atoms with van der Waals surface area (Å²) in [6.45, 7) is 2.14. The Bertz CT molecular complexity index is 1260. The van der Waals surface area contributed by atoms with E-state index in [0.717, 1.165) is 38.5 Å². The van der Waals surface area contributed by atoms with Gasteiger partial charge in [-0.3, -0.25) is 9.59 Å². The molecule has 2 heterocycles. The second-order valence-electron chi connectivity index (χ2n) is 10.3. The predicted molar refractivity (Wildman–Crippen MR) is 154 cm³/mol. The molecule has 0 saturated carbocycles. The van der Waals surface area contributed by atoms with Crippen LogP contribution in [0.25, 0.3) is 0 Å². The van der Waals surface area contributed by atoms with Crippen LogP contribution in [0.2, 0.25) is 0 Å². The van der Waals surface area contributed by atoms with Crippen molar-refractivity contribution in [2.45, 2.75) is 74.0 Å². The number of hydrogen-bond acceptors (Lipinski definition) is 6. The van der Waals surface area contributed by atoms with Crippen molar-refractivity contribution in [3.8, 4) is 0 Å². The summed E-state index contributed by atoms with van der Waals surface area (Å²) in [5.74, 6) is -0.421. The SMILES string of the molecule is O=C(CCCCC(=O)Nc1ccc(S(=O)(=O)N2CCCCC2)cc1)Nc1ccc(S(=O)(=O)N2CCCCC2)cc1. The number of hydrogen-bond donors (Lipinski definition) is 2. The van der Waals surface area contributed by atoms with Gasteiger partial charge in [-0.2, -0.15) is 8.61 Å². The van der Waals surface area contributed by atoms with Crippen molar-refractivity contribution in [2.24, 2.45) is 0 Å². The predicted octanol–water partition coefficient (Wildman–Crippen LogP) is 4.17. The van der Waals surface area contributed by atoms with E-state index in [9.17, 15) is 26.4 Å². The Morgan fingerprint density at radius 1 is 0.550 bits per heavy atom. The summed E-state index contributed by atoms with van der Waals surface area (Å²) in [6, 6.07) is 12.4. The number of nitrogens with zero attached hydrogens (tertiary/aromatic N) is 2. The van der Waals surface area contributed by atoms with Crippen molar-refractivity contribution in [3.05, 3.63) is 48.5 Å². The Labute approximate surface area is 237 Å². The molecule has 2 aromatic carbocycles. The standard InChI is InChI=1S/C28H38N4O6S2/c33-27(29-23-11-15-25(16-12-23)39(35,36)31-19-5-1-6-20-31)9-3-4-10-28(34)30-24-13-17-26(18-14-24)40(37,38)32-21-7-2-8-22-32/h11-18H,1-10,19-22H2,(H,29,33)(H,30,34).